The molecule has 0 saturated heterocycles. The first kappa shape index (κ1) is 16.9. The summed E-state index contributed by atoms with van der Waals surface area (Å²) >= 11 is 0. The molecule has 0 bridgehead atoms. The van der Waals surface area contributed by atoms with Crippen molar-refractivity contribution in [2.45, 2.75) is 13.3 Å². The van der Waals surface area contributed by atoms with Gasteiger partial charge in [0, 0.05) is 22.2 Å². The van der Waals surface area contributed by atoms with E-state index in [1.807, 2.05) is 0 Å². The standard InChI is InChI=1S/C19H14F2N4O2/c1-10-16(22-9-27-10)19(26)25-15-7-6-11-8-14(23-18(11)24-15)12-4-2-3-5-13(12)17(20)21/h2-9,17H,1H3,(H2,23,24,25,26). The molecule has 1 aromatic carbocycles. The largest absolute Gasteiger partial charge is 0.448 e. The summed E-state index contributed by atoms with van der Waals surface area (Å²) in [5.74, 6) is 0.271. The topological polar surface area (TPSA) is 83.8 Å². The molecule has 0 unspecified atom stereocenters. The highest BCUT2D eigenvalue weighted by Crippen LogP contribution is 2.32. The van der Waals surface area contributed by atoms with E-state index in [4.69, 9.17) is 4.42 Å². The lowest BCUT2D eigenvalue weighted by molar-refractivity contribution is 0.102. The number of H-pyrrole nitrogens is 1. The second-order valence-electron chi connectivity index (χ2n) is 5.92. The van der Waals surface area contributed by atoms with Gasteiger partial charge >= 0.3 is 0 Å². The number of hydrogen-bond acceptors (Lipinski definition) is 4. The molecule has 0 aliphatic rings. The van der Waals surface area contributed by atoms with Crippen molar-refractivity contribution < 1.29 is 18.0 Å². The number of aromatic nitrogens is 3. The average Bonchev–Trinajstić information content (AvgIpc) is 3.27. The fraction of sp³-hybridized carbons (Fsp3) is 0.105. The Morgan fingerprint density at radius 2 is 2.04 bits per heavy atom. The molecule has 0 atom stereocenters. The molecule has 3 heterocycles. The Morgan fingerprint density at radius 1 is 1.22 bits per heavy atom. The lowest BCUT2D eigenvalue weighted by Gasteiger charge is -2.06. The van der Waals surface area contributed by atoms with Crippen LogP contribution in [0.1, 0.15) is 28.2 Å². The third-order valence-corrected chi connectivity index (χ3v) is 4.17. The Morgan fingerprint density at radius 3 is 2.78 bits per heavy atom. The maximum absolute atomic E-state index is 13.3. The molecule has 1 amide bonds. The van der Waals surface area contributed by atoms with Crippen molar-refractivity contribution in [3.8, 4) is 11.3 Å². The summed E-state index contributed by atoms with van der Waals surface area (Å²) in [6.45, 7) is 1.64. The van der Waals surface area contributed by atoms with Crippen LogP contribution in [0.4, 0.5) is 14.6 Å². The zero-order valence-electron chi connectivity index (χ0n) is 14.2. The Labute approximate surface area is 152 Å². The Hall–Kier alpha value is -3.55. The fourth-order valence-corrected chi connectivity index (χ4v) is 2.85. The molecule has 27 heavy (non-hydrogen) atoms. The Balaban J connectivity index is 1.67. The summed E-state index contributed by atoms with van der Waals surface area (Å²) in [4.78, 5) is 23.4. The van der Waals surface area contributed by atoms with Gasteiger partial charge in [-0.15, -0.1) is 0 Å². The van der Waals surface area contributed by atoms with Crippen molar-refractivity contribution in [3.05, 3.63) is 65.9 Å². The molecular weight excluding hydrogens is 354 g/mol. The number of carbonyl (C=O) groups is 1. The van der Waals surface area contributed by atoms with E-state index >= 15 is 0 Å². The van der Waals surface area contributed by atoms with Crippen LogP contribution < -0.4 is 5.32 Å². The van der Waals surface area contributed by atoms with Gasteiger partial charge in [0.05, 0.1) is 0 Å². The van der Waals surface area contributed by atoms with Gasteiger partial charge in [0.2, 0.25) is 0 Å². The molecule has 4 aromatic rings. The van der Waals surface area contributed by atoms with E-state index < -0.39 is 12.3 Å². The van der Waals surface area contributed by atoms with E-state index in [1.54, 1.807) is 43.3 Å². The van der Waals surface area contributed by atoms with Crippen LogP contribution in [-0.2, 0) is 0 Å². The van der Waals surface area contributed by atoms with E-state index in [2.05, 4.69) is 20.3 Å². The molecule has 3 aromatic heterocycles. The van der Waals surface area contributed by atoms with Crippen LogP contribution in [-0.4, -0.2) is 20.9 Å². The first-order valence-electron chi connectivity index (χ1n) is 8.11. The maximum Gasteiger partial charge on any atom is 0.279 e. The minimum absolute atomic E-state index is 0.0564. The van der Waals surface area contributed by atoms with Gasteiger partial charge in [-0.05, 0) is 25.1 Å². The van der Waals surface area contributed by atoms with Crippen molar-refractivity contribution in [1.82, 2.24) is 15.0 Å². The molecule has 4 rings (SSSR count). The fourth-order valence-electron chi connectivity index (χ4n) is 2.85. The number of hydrogen-bond donors (Lipinski definition) is 2. The number of pyridine rings is 1. The van der Waals surface area contributed by atoms with E-state index in [0.717, 1.165) is 5.39 Å². The summed E-state index contributed by atoms with van der Waals surface area (Å²) in [5, 5.41) is 3.38. The van der Waals surface area contributed by atoms with Gasteiger partial charge in [-0.3, -0.25) is 4.79 Å². The molecule has 0 radical (unpaired) electrons. The quantitative estimate of drug-likeness (QED) is 0.546. The van der Waals surface area contributed by atoms with Crippen molar-refractivity contribution in [2.24, 2.45) is 0 Å². The molecule has 6 nitrogen and oxygen atoms in total. The molecule has 2 N–H and O–H groups in total. The molecule has 0 aliphatic heterocycles. The predicted molar refractivity (Wildman–Crippen MR) is 95.7 cm³/mol. The third kappa shape index (κ3) is 3.17. The van der Waals surface area contributed by atoms with Crippen LogP contribution >= 0.6 is 0 Å². The molecule has 0 fully saturated rings. The summed E-state index contributed by atoms with van der Waals surface area (Å²) < 4.78 is 31.5. The van der Waals surface area contributed by atoms with Crippen LogP contribution in [0.15, 0.2) is 53.3 Å². The zero-order valence-corrected chi connectivity index (χ0v) is 14.2. The van der Waals surface area contributed by atoms with Crippen LogP contribution in [0.25, 0.3) is 22.3 Å². The second kappa shape index (κ2) is 6.64. The van der Waals surface area contributed by atoms with E-state index in [1.165, 1.54) is 12.5 Å². The lowest BCUT2D eigenvalue weighted by atomic mass is 10.1. The number of aromatic amines is 1. The molecule has 136 valence electrons. The highest BCUT2D eigenvalue weighted by molar-refractivity contribution is 6.03. The van der Waals surface area contributed by atoms with Gasteiger partial charge in [0.1, 0.15) is 17.2 Å². The number of nitrogens with one attached hydrogen (secondary N) is 2. The Kier molecular flexibility index (Phi) is 4.15. The molecule has 0 aliphatic carbocycles. The van der Waals surface area contributed by atoms with E-state index in [9.17, 15) is 13.6 Å². The van der Waals surface area contributed by atoms with Crippen LogP contribution in [0.3, 0.4) is 0 Å². The number of anilines is 1. The van der Waals surface area contributed by atoms with Gasteiger partial charge in [0.15, 0.2) is 12.1 Å². The minimum atomic E-state index is -2.58. The minimum Gasteiger partial charge on any atom is -0.448 e. The summed E-state index contributed by atoms with van der Waals surface area (Å²) in [7, 11) is 0. The van der Waals surface area contributed by atoms with E-state index in [-0.39, 0.29) is 11.3 Å². The molecule has 0 saturated carbocycles. The first-order valence-corrected chi connectivity index (χ1v) is 8.11. The number of fused-ring (bicyclic) bond motifs is 1. The second-order valence-corrected chi connectivity index (χ2v) is 5.92. The number of halogens is 2. The highest BCUT2D eigenvalue weighted by Gasteiger charge is 2.17. The van der Waals surface area contributed by atoms with Crippen molar-refractivity contribution in [3.63, 3.8) is 0 Å². The number of alkyl halides is 2. The normalized spacial score (nSPS) is 11.3. The van der Waals surface area contributed by atoms with Crippen molar-refractivity contribution in [1.29, 1.82) is 0 Å². The highest BCUT2D eigenvalue weighted by atomic mass is 19.3. The lowest BCUT2D eigenvalue weighted by Crippen LogP contribution is -2.14. The van der Waals surface area contributed by atoms with Crippen LogP contribution in [0, 0.1) is 6.92 Å². The number of amides is 1. The van der Waals surface area contributed by atoms with Gasteiger partial charge in [-0.25, -0.2) is 18.7 Å². The smallest absolute Gasteiger partial charge is 0.279 e. The van der Waals surface area contributed by atoms with Crippen molar-refractivity contribution >= 4 is 22.8 Å². The third-order valence-electron chi connectivity index (χ3n) is 4.17. The number of carbonyl (C=O) groups excluding carboxylic acids is 1. The van der Waals surface area contributed by atoms with Crippen LogP contribution in [0.5, 0.6) is 0 Å². The number of rotatable bonds is 4. The number of oxazole rings is 1. The number of benzene rings is 1. The van der Waals surface area contributed by atoms with Crippen molar-refractivity contribution in [2.75, 3.05) is 5.32 Å². The summed E-state index contributed by atoms with van der Waals surface area (Å²) in [6, 6.07) is 11.4. The summed E-state index contributed by atoms with van der Waals surface area (Å²) in [6.07, 6.45) is -1.39. The summed E-state index contributed by atoms with van der Waals surface area (Å²) in [5.41, 5.74) is 1.54. The predicted octanol–water partition coefficient (Wildman–Crippen LogP) is 4.72. The number of aryl methyl sites for hydroxylation is 1. The SMILES string of the molecule is Cc1ocnc1C(=O)Nc1ccc2cc(-c3ccccc3C(F)F)[nH]c2n1. The maximum atomic E-state index is 13.3. The first-order chi connectivity index (χ1) is 13.0. The van der Waals surface area contributed by atoms with Gasteiger partial charge in [-0.1, -0.05) is 24.3 Å². The monoisotopic (exact) mass is 368 g/mol. The van der Waals surface area contributed by atoms with Gasteiger partial charge in [-0.2, -0.15) is 0 Å². The average molecular weight is 368 g/mol. The number of nitrogens with zero attached hydrogens (tertiary/aromatic N) is 2. The van der Waals surface area contributed by atoms with Gasteiger partial charge in [0.25, 0.3) is 12.3 Å². The van der Waals surface area contributed by atoms with Crippen LogP contribution in [0.2, 0.25) is 0 Å². The molecular formula is C19H14F2N4O2. The molecule has 0 spiro atoms. The van der Waals surface area contributed by atoms with E-state index in [0.29, 0.717) is 28.5 Å². The zero-order chi connectivity index (χ0) is 19.0. The van der Waals surface area contributed by atoms with Gasteiger partial charge < -0.3 is 14.7 Å². The molecule has 8 heteroatoms. The Bertz CT molecular complexity index is 1130.